The van der Waals surface area contributed by atoms with Gasteiger partial charge in [0, 0.05) is 6.54 Å². The van der Waals surface area contributed by atoms with Gasteiger partial charge < -0.3 is 0 Å². The van der Waals surface area contributed by atoms with E-state index in [0.29, 0.717) is 13.0 Å². The zero-order valence-corrected chi connectivity index (χ0v) is 12.2. The van der Waals surface area contributed by atoms with Gasteiger partial charge >= 0.3 is 0 Å². The van der Waals surface area contributed by atoms with Crippen molar-refractivity contribution in [3.63, 3.8) is 0 Å². The fourth-order valence-corrected chi connectivity index (χ4v) is 3.00. The van der Waals surface area contributed by atoms with E-state index in [4.69, 9.17) is 6.42 Å². The number of allylic oxidation sites excluding steroid dienone is 1. The third-order valence-electron chi connectivity index (χ3n) is 2.71. The van der Waals surface area contributed by atoms with E-state index in [0.717, 1.165) is 5.56 Å². The lowest BCUT2D eigenvalue weighted by molar-refractivity contribution is 0.452. The highest BCUT2D eigenvalue weighted by molar-refractivity contribution is 7.89. The van der Waals surface area contributed by atoms with Gasteiger partial charge in [-0.05, 0) is 32.4 Å². The van der Waals surface area contributed by atoms with Crippen molar-refractivity contribution in [2.24, 2.45) is 0 Å². The number of benzene rings is 1. The van der Waals surface area contributed by atoms with Crippen molar-refractivity contribution in [3.05, 3.63) is 42.0 Å². The lowest BCUT2D eigenvalue weighted by atomic mass is 10.2. The smallest absolute Gasteiger partial charge is 0.207 e. The fourth-order valence-electron chi connectivity index (χ4n) is 1.63. The Hall–Kier alpha value is -1.57. The molecule has 3 nitrogen and oxygen atoms in total. The van der Waals surface area contributed by atoms with Crippen molar-refractivity contribution in [1.82, 2.24) is 4.31 Å². The molecule has 0 spiro atoms. The summed E-state index contributed by atoms with van der Waals surface area (Å²) >= 11 is 0. The van der Waals surface area contributed by atoms with Crippen molar-refractivity contribution in [3.8, 4) is 12.3 Å². The maximum atomic E-state index is 12.4. The molecule has 0 aliphatic heterocycles. The van der Waals surface area contributed by atoms with Gasteiger partial charge in [0.2, 0.25) is 10.0 Å². The van der Waals surface area contributed by atoms with E-state index in [1.165, 1.54) is 4.31 Å². The van der Waals surface area contributed by atoms with E-state index in [1.807, 2.05) is 26.0 Å². The summed E-state index contributed by atoms with van der Waals surface area (Å²) in [5.41, 5.74) is 1.02. The first-order valence-corrected chi connectivity index (χ1v) is 7.58. The van der Waals surface area contributed by atoms with Crippen molar-refractivity contribution in [1.29, 1.82) is 0 Å². The first-order valence-electron chi connectivity index (χ1n) is 6.14. The number of nitrogens with zero attached hydrogens (tertiary/aromatic N) is 1. The molecule has 0 saturated carbocycles. The van der Waals surface area contributed by atoms with Crippen LogP contribution in [0.1, 0.15) is 18.9 Å². The van der Waals surface area contributed by atoms with E-state index in [-0.39, 0.29) is 11.4 Å². The molecule has 0 radical (unpaired) electrons. The highest BCUT2D eigenvalue weighted by Crippen LogP contribution is 2.16. The van der Waals surface area contributed by atoms with Crippen LogP contribution in [0, 0.1) is 19.3 Å². The molecule has 102 valence electrons. The molecule has 0 aliphatic carbocycles. The van der Waals surface area contributed by atoms with Crippen LogP contribution in [0.2, 0.25) is 0 Å². The molecule has 0 aliphatic rings. The van der Waals surface area contributed by atoms with Crippen molar-refractivity contribution < 1.29 is 8.42 Å². The van der Waals surface area contributed by atoms with Crippen LogP contribution < -0.4 is 0 Å². The molecule has 0 heterocycles. The third kappa shape index (κ3) is 4.23. The topological polar surface area (TPSA) is 37.4 Å². The summed E-state index contributed by atoms with van der Waals surface area (Å²) in [6, 6.07) is 6.80. The Labute approximate surface area is 116 Å². The van der Waals surface area contributed by atoms with Crippen LogP contribution in [0.3, 0.4) is 0 Å². The number of terminal acetylenes is 1. The van der Waals surface area contributed by atoms with Crippen LogP contribution in [0.4, 0.5) is 0 Å². The Bertz CT molecular complexity index is 565. The highest BCUT2D eigenvalue weighted by atomic mass is 32.2. The lowest BCUT2D eigenvalue weighted by Crippen LogP contribution is -2.32. The molecule has 0 saturated heterocycles. The Morgan fingerprint density at radius 1 is 1.32 bits per heavy atom. The predicted octanol–water partition coefficient (Wildman–Crippen LogP) is 2.59. The van der Waals surface area contributed by atoms with Gasteiger partial charge in [0.1, 0.15) is 0 Å². The summed E-state index contributed by atoms with van der Waals surface area (Å²) in [4.78, 5) is 0.286. The first kappa shape index (κ1) is 15.5. The summed E-state index contributed by atoms with van der Waals surface area (Å²) in [5, 5.41) is 0. The number of hydrogen-bond donors (Lipinski definition) is 0. The molecular formula is C15H19NO2S. The molecule has 0 bridgehead atoms. The van der Waals surface area contributed by atoms with Crippen molar-refractivity contribution >= 4 is 10.0 Å². The van der Waals surface area contributed by atoms with Gasteiger partial charge in [0.15, 0.2) is 0 Å². The molecule has 0 unspecified atom stereocenters. The van der Waals surface area contributed by atoms with Gasteiger partial charge in [0.25, 0.3) is 0 Å². The van der Waals surface area contributed by atoms with Crippen LogP contribution in [0.15, 0.2) is 41.3 Å². The minimum absolute atomic E-state index is 0.0910. The van der Waals surface area contributed by atoms with Gasteiger partial charge in [-0.1, -0.05) is 35.8 Å². The second kappa shape index (κ2) is 7.13. The second-order valence-electron chi connectivity index (χ2n) is 4.21. The van der Waals surface area contributed by atoms with Gasteiger partial charge in [-0.2, -0.15) is 4.31 Å². The van der Waals surface area contributed by atoms with Gasteiger partial charge in [0.05, 0.1) is 11.4 Å². The van der Waals surface area contributed by atoms with Crippen molar-refractivity contribution in [2.75, 3.05) is 13.1 Å². The summed E-state index contributed by atoms with van der Waals surface area (Å²) in [7, 11) is -3.50. The monoisotopic (exact) mass is 277 g/mol. The Kier molecular flexibility index (Phi) is 5.81. The zero-order chi connectivity index (χ0) is 14.3. The number of sulfonamides is 1. The molecule has 0 aromatic heterocycles. The SMILES string of the molecule is C#CCN(CC/C=C/C)S(=O)(=O)c1ccc(C)cc1. The molecule has 1 aromatic carbocycles. The molecule has 4 heteroatoms. The summed E-state index contributed by atoms with van der Waals surface area (Å²) in [5.74, 6) is 2.40. The molecule has 0 fully saturated rings. The maximum Gasteiger partial charge on any atom is 0.243 e. The molecular weight excluding hydrogens is 258 g/mol. The van der Waals surface area contributed by atoms with Crippen LogP contribution in [0.25, 0.3) is 0 Å². The summed E-state index contributed by atoms with van der Waals surface area (Å²) in [6.45, 7) is 4.31. The highest BCUT2D eigenvalue weighted by Gasteiger charge is 2.22. The number of aryl methyl sites for hydroxylation is 1. The largest absolute Gasteiger partial charge is 0.243 e. The molecule has 0 atom stereocenters. The van der Waals surface area contributed by atoms with Gasteiger partial charge in [-0.3, -0.25) is 0 Å². The van der Waals surface area contributed by atoms with Crippen LogP contribution in [-0.2, 0) is 10.0 Å². The van der Waals surface area contributed by atoms with Crippen molar-refractivity contribution in [2.45, 2.75) is 25.2 Å². The maximum absolute atomic E-state index is 12.4. The standard InChI is InChI=1S/C15H19NO2S/c1-4-6-7-13-16(12-5-2)19(17,18)15-10-8-14(3)9-11-15/h2,4,6,8-11H,7,12-13H2,1,3H3/b6-4+. The number of rotatable bonds is 6. The zero-order valence-electron chi connectivity index (χ0n) is 11.3. The molecule has 19 heavy (non-hydrogen) atoms. The quantitative estimate of drug-likeness (QED) is 0.592. The van der Waals surface area contributed by atoms with Crippen LogP contribution >= 0.6 is 0 Å². The molecule has 0 amide bonds. The minimum Gasteiger partial charge on any atom is -0.207 e. The fraction of sp³-hybridized carbons (Fsp3) is 0.333. The summed E-state index contributed by atoms with van der Waals surface area (Å²) < 4.78 is 26.2. The number of hydrogen-bond acceptors (Lipinski definition) is 2. The Morgan fingerprint density at radius 3 is 2.47 bits per heavy atom. The first-order chi connectivity index (χ1) is 9.02. The van der Waals surface area contributed by atoms with Gasteiger partial charge in [-0.15, -0.1) is 6.42 Å². The normalized spacial score (nSPS) is 11.9. The lowest BCUT2D eigenvalue weighted by Gasteiger charge is -2.19. The Balaban J connectivity index is 2.99. The van der Waals surface area contributed by atoms with Crippen LogP contribution in [0.5, 0.6) is 0 Å². The van der Waals surface area contributed by atoms with Crippen LogP contribution in [-0.4, -0.2) is 25.8 Å². The third-order valence-corrected chi connectivity index (χ3v) is 4.57. The molecule has 0 N–H and O–H groups in total. The van der Waals surface area contributed by atoms with E-state index in [9.17, 15) is 8.42 Å². The predicted molar refractivity (Wildman–Crippen MR) is 78.2 cm³/mol. The van der Waals surface area contributed by atoms with E-state index in [1.54, 1.807) is 24.3 Å². The van der Waals surface area contributed by atoms with E-state index >= 15 is 0 Å². The molecule has 1 rings (SSSR count). The summed E-state index contributed by atoms with van der Waals surface area (Å²) in [6.07, 6.45) is 9.73. The average molecular weight is 277 g/mol. The Morgan fingerprint density at radius 2 is 1.95 bits per heavy atom. The molecule has 1 aromatic rings. The van der Waals surface area contributed by atoms with E-state index < -0.39 is 10.0 Å². The average Bonchev–Trinajstić information content (AvgIpc) is 2.38. The van der Waals surface area contributed by atoms with Gasteiger partial charge in [-0.25, -0.2) is 8.42 Å². The van der Waals surface area contributed by atoms with E-state index in [2.05, 4.69) is 5.92 Å². The minimum atomic E-state index is -3.50. The second-order valence-corrected chi connectivity index (χ2v) is 6.15.